The number of hydrogen-bond acceptors (Lipinski definition) is 7. The fourth-order valence-corrected chi connectivity index (χ4v) is 6.27. The van der Waals surface area contributed by atoms with Crippen LogP contribution in [0.25, 0.3) is 22.3 Å². The van der Waals surface area contributed by atoms with Gasteiger partial charge >= 0.3 is 12.3 Å². The number of pyridine rings is 2. The summed E-state index contributed by atoms with van der Waals surface area (Å²) in [6, 6.07) is 13.9. The van der Waals surface area contributed by atoms with Gasteiger partial charge in [0.15, 0.2) is 5.78 Å². The van der Waals surface area contributed by atoms with Crippen LogP contribution in [0.3, 0.4) is 0 Å². The maximum atomic E-state index is 13.8. The van der Waals surface area contributed by atoms with Crippen molar-refractivity contribution in [3.63, 3.8) is 0 Å². The number of benzene rings is 2. The van der Waals surface area contributed by atoms with Crippen LogP contribution in [-0.4, -0.2) is 59.2 Å². The molecule has 2 aliphatic heterocycles. The van der Waals surface area contributed by atoms with Crippen LogP contribution < -0.4 is 9.64 Å². The van der Waals surface area contributed by atoms with Crippen molar-refractivity contribution < 1.29 is 36.6 Å². The third-order valence-electron chi connectivity index (χ3n) is 8.87. The predicted molar refractivity (Wildman–Crippen MR) is 172 cm³/mol. The topological polar surface area (TPSA) is 84.9 Å². The van der Waals surface area contributed by atoms with Crippen LogP contribution in [0, 0.1) is 13.8 Å². The van der Waals surface area contributed by atoms with Crippen LogP contribution in [0.15, 0.2) is 60.8 Å². The van der Waals surface area contributed by atoms with Crippen molar-refractivity contribution in [2.75, 3.05) is 25.1 Å². The molecule has 2 aromatic heterocycles. The van der Waals surface area contributed by atoms with E-state index in [4.69, 9.17) is 14.5 Å². The predicted octanol–water partition coefficient (Wildman–Crippen LogP) is 7.90. The highest BCUT2D eigenvalue weighted by molar-refractivity contribution is 5.95. The molecule has 0 saturated carbocycles. The molecule has 2 aliphatic rings. The summed E-state index contributed by atoms with van der Waals surface area (Å²) in [6.07, 6.45) is -5.51. The Bertz CT molecular complexity index is 1910. The monoisotopic (exact) mass is 662 g/mol. The van der Waals surface area contributed by atoms with Gasteiger partial charge in [0.2, 0.25) is 5.88 Å². The van der Waals surface area contributed by atoms with Crippen LogP contribution in [-0.2, 0) is 17.5 Å². The second kappa shape index (κ2) is 12.6. The number of anilines is 1. The van der Waals surface area contributed by atoms with Gasteiger partial charge in [0, 0.05) is 28.5 Å². The maximum Gasteiger partial charge on any atom is 0.416 e. The second-order valence-corrected chi connectivity index (χ2v) is 12.3. The molecule has 0 unspecified atom stereocenters. The Hall–Kier alpha value is -5.00. The summed E-state index contributed by atoms with van der Waals surface area (Å²) in [5.41, 5.74) is 4.51. The Morgan fingerprint density at radius 3 is 2.40 bits per heavy atom. The molecule has 0 N–H and O–H groups in total. The lowest BCUT2D eigenvalue weighted by atomic mass is 9.95. The highest BCUT2D eigenvalue weighted by Gasteiger charge is 2.42. The smallest absolute Gasteiger partial charge is 0.416 e. The lowest BCUT2D eigenvalue weighted by molar-refractivity contribution is -0.137. The molecule has 2 saturated heterocycles. The van der Waals surface area contributed by atoms with E-state index in [1.807, 2.05) is 31.2 Å². The van der Waals surface area contributed by atoms with E-state index < -0.39 is 36.2 Å². The van der Waals surface area contributed by atoms with Gasteiger partial charge < -0.3 is 14.4 Å². The molecule has 2 aromatic carbocycles. The number of halogens is 4. The van der Waals surface area contributed by atoms with E-state index in [2.05, 4.69) is 4.98 Å². The molecule has 48 heavy (non-hydrogen) atoms. The quantitative estimate of drug-likeness (QED) is 0.140. The van der Waals surface area contributed by atoms with Crippen molar-refractivity contribution in [1.29, 1.82) is 0 Å². The van der Waals surface area contributed by atoms with Gasteiger partial charge in [0.25, 0.3) is 0 Å². The lowest BCUT2D eigenvalue weighted by Crippen LogP contribution is -2.49. The minimum Gasteiger partial charge on any atom is -0.481 e. The number of amides is 1. The van der Waals surface area contributed by atoms with Gasteiger partial charge in [-0.3, -0.25) is 9.69 Å². The minimum atomic E-state index is -4.56. The van der Waals surface area contributed by atoms with Crippen LogP contribution in [0.4, 0.5) is 28.2 Å². The van der Waals surface area contributed by atoms with E-state index in [0.717, 1.165) is 28.8 Å². The first-order valence-electron chi connectivity index (χ1n) is 15.4. The first-order chi connectivity index (χ1) is 22.7. The molecule has 4 heterocycles. The number of methoxy groups -OCH3 is 1. The Balaban J connectivity index is 1.40. The zero-order valence-corrected chi connectivity index (χ0v) is 27.1. The number of aromatic nitrogens is 2. The van der Waals surface area contributed by atoms with E-state index >= 15 is 0 Å². The van der Waals surface area contributed by atoms with Gasteiger partial charge in [-0.05, 0) is 80.8 Å². The third-order valence-corrected chi connectivity index (χ3v) is 8.87. The van der Waals surface area contributed by atoms with Crippen molar-refractivity contribution in [3.05, 3.63) is 94.3 Å². The number of rotatable bonds is 8. The molecular weight excluding hydrogens is 628 g/mol. The molecule has 6 rings (SSSR count). The van der Waals surface area contributed by atoms with Crippen LogP contribution in [0.1, 0.15) is 58.3 Å². The summed E-state index contributed by atoms with van der Waals surface area (Å²) in [6.45, 7) is 7.00. The van der Waals surface area contributed by atoms with Crippen molar-refractivity contribution in [3.8, 4) is 28.1 Å². The van der Waals surface area contributed by atoms with Gasteiger partial charge in [-0.25, -0.2) is 19.2 Å². The average Bonchev–Trinajstić information content (AvgIpc) is 3.30. The highest BCUT2D eigenvalue weighted by atomic mass is 19.4. The summed E-state index contributed by atoms with van der Waals surface area (Å²) in [7, 11) is 1.49. The van der Waals surface area contributed by atoms with Crippen molar-refractivity contribution in [2.45, 2.75) is 58.7 Å². The van der Waals surface area contributed by atoms with Gasteiger partial charge in [0.05, 0.1) is 44.0 Å². The maximum absolute atomic E-state index is 13.8. The average molecular weight is 663 g/mol. The Labute approximate surface area is 275 Å². The first-order valence-corrected chi connectivity index (χ1v) is 15.4. The fraction of sp³-hybridized carbons (Fsp3) is 0.333. The molecule has 1 amide bonds. The normalized spacial score (nSPS) is 18.1. The lowest BCUT2D eigenvalue weighted by Gasteiger charge is -2.36. The van der Waals surface area contributed by atoms with E-state index in [1.54, 1.807) is 43.1 Å². The molecule has 0 aliphatic carbocycles. The Morgan fingerprint density at radius 1 is 1.02 bits per heavy atom. The van der Waals surface area contributed by atoms with Gasteiger partial charge in [0.1, 0.15) is 18.1 Å². The molecule has 4 aromatic rings. The summed E-state index contributed by atoms with van der Waals surface area (Å²) < 4.78 is 66.0. The minimum absolute atomic E-state index is 0.0459. The molecule has 12 heteroatoms. The number of cyclic esters (lactones) is 1. The number of carbonyl (C=O) groups is 2. The number of alkyl halides is 4. The van der Waals surface area contributed by atoms with E-state index in [-0.39, 0.29) is 31.0 Å². The van der Waals surface area contributed by atoms with Crippen LogP contribution in [0.5, 0.6) is 5.88 Å². The van der Waals surface area contributed by atoms with Crippen molar-refractivity contribution in [2.24, 2.45) is 0 Å². The number of ketones is 1. The summed E-state index contributed by atoms with van der Waals surface area (Å²) >= 11 is 0. The van der Waals surface area contributed by atoms with Crippen molar-refractivity contribution in [1.82, 2.24) is 14.9 Å². The number of ether oxygens (including phenoxy) is 2. The molecule has 2 atom stereocenters. The fourth-order valence-electron chi connectivity index (χ4n) is 6.27. The summed E-state index contributed by atoms with van der Waals surface area (Å²) in [4.78, 5) is 37.9. The third kappa shape index (κ3) is 6.31. The zero-order chi connectivity index (χ0) is 34.5. The van der Waals surface area contributed by atoms with E-state index in [1.165, 1.54) is 18.9 Å². The molecule has 0 radical (unpaired) electrons. The molecule has 0 bridgehead atoms. The zero-order valence-electron chi connectivity index (χ0n) is 27.1. The molecule has 0 spiro atoms. The van der Waals surface area contributed by atoms with Crippen LogP contribution in [0.2, 0.25) is 0 Å². The first kappa shape index (κ1) is 32.9. The SMILES string of the molecule is COc1ncc(-c2ccc(C(C)=O)cc2C)cc1-c1ccc(N2CC(F)C2)nc1CN1C(=O)O[C@H](c2cc(C)cc(C(F)(F)F)c2)[C@@H]1C. The summed E-state index contributed by atoms with van der Waals surface area (Å²) in [5.74, 6) is 0.775. The van der Waals surface area contributed by atoms with Gasteiger partial charge in [-0.2, -0.15) is 13.2 Å². The van der Waals surface area contributed by atoms with E-state index in [0.29, 0.717) is 39.6 Å². The number of hydrogen-bond donors (Lipinski definition) is 0. The Kier molecular flexibility index (Phi) is 8.61. The summed E-state index contributed by atoms with van der Waals surface area (Å²) in [5, 5.41) is 0. The number of aryl methyl sites for hydroxylation is 2. The molecular formula is C36H34F4N4O4. The molecule has 2 fully saturated rings. The standard InChI is InChI=1S/C36H34F4N4O4/c1-19-10-24(13-26(11-19)36(38,39)40)33-21(3)44(35(46)48-33)18-31-29(8-9-32(42-31)43-16-27(37)17-43)30-14-25(15-41-34(30)47-5)28-7-6-23(22(4)45)12-20(28)2/h6-15,21,27,33H,16-18H2,1-5H3/t21-,33-/m0/s1. The van der Waals surface area contributed by atoms with Crippen molar-refractivity contribution >= 4 is 17.7 Å². The second-order valence-electron chi connectivity index (χ2n) is 12.3. The largest absolute Gasteiger partial charge is 0.481 e. The highest BCUT2D eigenvalue weighted by Crippen LogP contribution is 2.40. The van der Waals surface area contributed by atoms with E-state index in [9.17, 15) is 27.2 Å². The Morgan fingerprint density at radius 2 is 1.75 bits per heavy atom. The van der Waals surface area contributed by atoms with Crippen LogP contribution >= 0.6 is 0 Å². The van der Waals surface area contributed by atoms with Gasteiger partial charge in [-0.15, -0.1) is 0 Å². The molecule has 8 nitrogen and oxygen atoms in total. The number of Topliss-reactive ketones (excluding diaryl/α,β-unsaturated/α-hetero) is 1. The molecule has 250 valence electrons. The number of nitrogens with zero attached hydrogens (tertiary/aromatic N) is 4. The number of carbonyl (C=O) groups excluding carboxylic acids is 2. The van der Waals surface area contributed by atoms with Gasteiger partial charge in [-0.1, -0.05) is 23.8 Å².